The molecule has 0 aliphatic rings. The van der Waals surface area contributed by atoms with E-state index in [1.165, 1.54) is 53.7 Å². The number of benzene rings is 2. The first-order chi connectivity index (χ1) is 13.6. The molecule has 0 aliphatic heterocycles. The van der Waals surface area contributed by atoms with Crippen LogP contribution in [-0.2, 0) is 0 Å². The van der Waals surface area contributed by atoms with Crippen molar-refractivity contribution in [1.82, 2.24) is 14.8 Å². The van der Waals surface area contributed by atoms with E-state index < -0.39 is 18.0 Å². The van der Waals surface area contributed by atoms with Crippen molar-refractivity contribution in [2.45, 2.75) is 12.1 Å². The van der Waals surface area contributed by atoms with Gasteiger partial charge in [0.2, 0.25) is 0 Å². The van der Waals surface area contributed by atoms with Gasteiger partial charge in [-0.1, -0.05) is 41.4 Å². The zero-order chi connectivity index (χ0) is 21.2. The number of nitrogens with two attached hydrogens (primary N) is 1. The topological polar surface area (TPSA) is 73.8 Å². The first-order valence-electron chi connectivity index (χ1n) is 8.15. The van der Waals surface area contributed by atoms with Crippen molar-refractivity contribution in [2.75, 3.05) is 0 Å². The number of primary amides is 1. The second-order valence-corrected chi connectivity index (χ2v) is 6.93. The molecule has 1 unspecified atom stereocenters. The van der Waals surface area contributed by atoms with E-state index in [4.69, 9.17) is 28.9 Å². The van der Waals surface area contributed by atoms with Gasteiger partial charge in [0.15, 0.2) is 0 Å². The van der Waals surface area contributed by atoms with Crippen LogP contribution in [0.1, 0.15) is 27.4 Å². The lowest BCUT2D eigenvalue weighted by atomic mass is 9.96. The predicted molar refractivity (Wildman–Crippen MR) is 104 cm³/mol. The number of hydrogen-bond donors (Lipinski definition) is 1. The van der Waals surface area contributed by atoms with Crippen LogP contribution in [0.4, 0.5) is 13.2 Å². The van der Waals surface area contributed by atoms with Gasteiger partial charge >= 0.3 is 6.18 Å². The van der Waals surface area contributed by atoms with Gasteiger partial charge < -0.3 is 5.73 Å². The van der Waals surface area contributed by atoms with Crippen LogP contribution in [0.25, 0.3) is 11.8 Å². The summed E-state index contributed by atoms with van der Waals surface area (Å²) in [6.45, 7) is 0. The maximum atomic E-state index is 13.6. The van der Waals surface area contributed by atoms with Crippen molar-refractivity contribution < 1.29 is 18.0 Å². The van der Waals surface area contributed by atoms with E-state index in [2.05, 4.69) is 10.1 Å². The minimum atomic E-state index is -4.57. The predicted octanol–water partition coefficient (Wildman–Crippen LogP) is 5.03. The van der Waals surface area contributed by atoms with Crippen LogP contribution in [0.5, 0.6) is 0 Å². The third kappa shape index (κ3) is 4.96. The molecular weight excluding hydrogens is 428 g/mol. The molecule has 29 heavy (non-hydrogen) atoms. The Kier molecular flexibility index (Phi) is 5.95. The lowest BCUT2D eigenvalue weighted by Crippen LogP contribution is -2.19. The molecule has 5 nitrogen and oxygen atoms in total. The van der Waals surface area contributed by atoms with E-state index in [1.54, 1.807) is 6.07 Å². The number of rotatable bonds is 5. The minimum Gasteiger partial charge on any atom is -0.366 e. The van der Waals surface area contributed by atoms with Crippen molar-refractivity contribution in [3.8, 4) is 5.69 Å². The molecule has 0 aliphatic carbocycles. The molecule has 2 N–H and O–H groups in total. The molecule has 0 saturated carbocycles. The molecule has 0 bridgehead atoms. The zero-order valence-corrected chi connectivity index (χ0v) is 16.1. The molecule has 3 aromatic rings. The number of halogens is 5. The maximum Gasteiger partial charge on any atom is 0.399 e. The summed E-state index contributed by atoms with van der Waals surface area (Å²) in [5.41, 5.74) is 6.11. The Balaban J connectivity index is 1.99. The largest absolute Gasteiger partial charge is 0.399 e. The van der Waals surface area contributed by atoms with Crippen LogP contribution in [-0.4, -0.2) is 26.8 Å². The average Bonchev–Trinajstić information content (AvgIpc) is 3.14. The Morgan fingerprint density at radius 2 is 1.83 bits per heavy atom. The summed E-state index contributed by atoms with van der Waals surface area (Å²) < 4.78 is 42.1. The molecule has 10 heteroatoms. The highest BCUT2D eigenvalue weighted by Gasteiger charge is 2.39. The lowest BCUT2D eigenvalue weighted by molar-refractivity contribution is -0.139. The fourth-order valence-electron chi connectivity index (χ4n) is 2.76. The second kappa shape index (κ2) is 8.26. The number of hydrogen-bond acceptors (Lipinski definition) is 3. The summed E-state index contributed by atoms with van der Waals surface area (Å²) in [4.78, 5) is 15.6. The van der Waals surface area contributed by atoms with E-state index in [9.17, 15) is 18.0 Å². The summed E-state index contributed by atoms with van der Waals surface area (Å²) in [7, 11) is 0. The van der Waals surface area contributed by atoms with Gasteiger partial charge in [-0.25, -0.2) is 9.67 Å². The summed E-state index contributed by atoms with van der Waals surface area (Å²) >= 11 is 11.7. The van der Waals surface area contributed by atoms with Crippen LogP contribution < -0.4 is 5.73 Å². The van der Waals surface area contributed by atoms with E-state index in [0.29, 0.717) is 11.3 Å². The monoisotopic (exact) mass is 440 g/mol. The molecule has 0 radical (unpaired) electrons. The van der Waals surface area contributed by atoms with E-state index in [0.717, 1.165) is 6.08 Å². The lowest BCUT2D eigenvalue weighted by Gasteiger charge is -2.18. The van der Waals surface area contributed by atoms with Crippen molar-refractivity contribution in [3.63, 3.8) is 0 Å². The molecule has 0 fully saturated rings. The molecule has 0 saturated heterocycles. The van der Waals surface area contributed by atoms with Gasteiger partial charge in [0.25, 0.3) is 5.91 Å². The first-order valence-corrected chi connectivity index (χ1v) is 8.90. The Morgan fingerprint density at radius 1 is 1.14 bits per heavy atom. The van der Waals surface area contributed by atoms with Gasteiger partial charge in [-0.15, -0.1) is 0 Å². The Bertz CT molecular complexity index is 1050. The standard InChI is InChI=1S/C19H13Cl2F3N4O/c20-13-6-12(7-14(21)8-13)16(19(22,23)24)3-1-11-2-4-17(15(5-11)18(25)29)28-10-26-9-27-28/h1-10,16H,(H2,25,29). The molecular formula is C19H13Cl2F3N4O. The SMILES string of the molecule is NC(=O)c1cc(C=CC(c2cc(Cl)cc(Cl)c2)C(F)(F)F)ccc1-n1cncn1. The number of carbonyl (C=O) groups excluding carboxylic acids is 1. The van der Waals surface area contributed by atoms with Crippen molar-refractivity contribution in [2.24, 2.45) is 5.73 Å². The van der Waals surface area contributed by atoms with Crippen LogP contribution >= 0.6 is 23.2 Å². The van der Waals surface area contributed by atoms with Gasteiger partial charge in [-0.2, -0.15) is 18.3 Å². The normalized spacial score (nSPS) is 13.0. The van der Waals surface area contributed by atoms with Gasteiger partial charge in [0.05, 0.1) is 17.2 Å². The quantitative estimate of drug-likeness (QED) is 0.604. The van der Waals surface area contributed by atoms with E-state index in [1.807, 2.05) is 0 Å². The van der Waals surface area contributed by atoms with E-state index in [-0.39, 0.29) is 21.2 Å². The summed E-state index contributed by atoms with van der Waals surface area (Å²) in [6, 6.07) is 8.21. The van der Waals surface area contributed by atoms with Gasteiger partial charge in [0.1, 0.15) is 12.7 Å². The van der Waals surface area contributed by atoms with Crippen molar-refractivity contribution >= 4 is 35.2 Å². The highest BCUT2D eigenvalue weighted by atomic mass is 35.5. The summed E-state index contributed by atoms with van der Waals surface area (Å²) in [5, 5.41) is 4.13. The van der Waals surface area contributed by atoms with Gasteiger partial charge in [0, 0.05) is 10.0 Å². The third-order valence-electron chi connectivity index (χ3n) is 4.03. The molecule has 2 aromatic carbocycles. The number of alkyl halides is 3. The van der Waals surface area contributed by atoms with Crippen LogP contribution in [0.2, 0.25) is 10.0 Å². The van der Waals surface area contributed by atoms with Crippen LogP contribution in [0.15, 0.2) is 55.1 Å². The smallest absolute Gasteiger partial charge is 0.366 e. The molecule has 150 valence electrons. The minimum absolute atomic E-state index is 0.0898. The van der Waals surface area contributed by atoms with Gasteiger partial charge in [-0.05, 0) is 41.5 Å². The van der Waals surface area contributed by atoms with Crippen LogP contribution in [0.3, 0.4) is 0 Å². The number of amides is 1. The van der Waals surface area contributed by atoms with Gasteiger partial charge in [-0.3, -0.25) is 4.79 Å². The number of nitrogens with zero attached hydrogens (tertiary/aromatic N) is 3. The zero-order valence-electron chi connectivity index (χ0n) is 14.6. The summed E-state index contributed by atoms with van der Waals surface area (Å²) in [5.74, 6) is -2.69. The number of aromatic nitrogens is 3. The highest BCUT2D eigenvalue weighted by molar-refractivity contribution is 6.34. The first kappa shape index (κ1) is 20.9. The Morgan fingerprint density at radius 3 is 2.38 bits per heavy atom. The summed E-state index contributed by atoms with van der Waals surface area (Å²) in [6.07, 6.45) is 0.307. The number of carbonyl (C=O) groups is 1. The fourth-order valence-corrected chi connectivity index (χ4v) is 3.30. The van der Waals surface area contributed by atoms with Crippen molar-refractivity contribution in [3.05, 3.63) is 81.9 Å². The Labute approximate surface area is 173 Å². The van der Waals surface area contributed by atoms with Crippen LogP contribution in [0, 0.1) is 0 Å². The molecule has 1 atom stereocenters. The fraction of sp³-hybridized carbons (Fsp3) is 0.105. The molecule has 1 heterocycles. The number of allylic oxidation sites excluding steroid dienone is 1. The molecule has 3 rings (SSSR count). The Hall–Kier alpha value is -2.84. The maximum absolute atomic E-state index is 13.6. The van der Waals surface area contributed by atoms with Crippen molar-refractivity contribution in [1.29, 1.82) is 0 Å². The van der Waals surface area contributed by atoms with E-state index >= 15 is 0 Å². The third-order valence-corrected chi connectivity index (χ3v) is 4.47. The second-order valence-electron chi connectivity index (χ2n) is 6.06. The highest BCUT2D eigenvalue weighted by Crippen LogP contribution is 2.38. The molecule has 0 spiro atoms. The molecule has 1 amide bonds. The average molecular weight is 441 g/mol. The molecule has 1 aromatic heterocycles.